The van der Waals surface area contributed by atoms with Crippen LogP contribution in [0.5, 0.6) is 0 Å². The Morgan fingerprint density at radius 1 is 1.15 bits per heavy atom. The molecule has 2 aliphatic rings. The molecule has 0 unspecified atom stereocenters. The van der Waals surface area contributed by atoms with Gasteiger partial charge in [0.05, 0.1) is 12.2 Å². The van der Waals surface area contributed by atoms with Crippen LogP contribution in [0.2, 0.25) is 0 Å². The average Bonchev–Trinajstić information content (AvgIpc) is 3.28. The second-order valence-electron chi connectivity index (χ2n) is 7.53. The smallest absolute Gasteiger partial charge is 0.260 e. The zero-order valence-corrected chi connectivity index (χ0v) is 16.6. The van der Waals surface area contributed by atoms with Gasteiger partial charge in [0, 0.05) is 45.1 Å². The van der Waals surface area contributed by atoms with Gasteiger partial charge in [0.2, 0.25) is 5.91 Å². The summed E-state index contributed by atoms with van der Waals surface area (Å²) in [7, 11) is -1.96. The van der Waals surface area contributed by atoms with Gasteiger partial charge in [-0.15, -0.1) is 0 Å². The normalized spacial score (nSPS) is 25.7. The van der Waals surface area contributed by atoms with E-state index in [-0.39, 0.29) is 28.8 Å². The molecule has 2 saturated heterocycles. The number of hydrogen-bond acceptors (Lipinski definition) is 4. The maximum absolute atomic E-state index is 13.2. The van der Waals surface area contributed by atoms with Crippen molar-refractivity contribution < 1.29 is 13.2 Å². The van der Waals surface area contributed by atoms with E-state index in [1.165, 1.54) is 4.68 Å². The van der Waals surface area contributed by atoms with Crippen LogP contribution in [-0.4, -0.2) is 52.9 Å². The number of rotatable bonds is 3. The summed E-state index contributed by atoms with van der Waals surface area (Å²) < 4.78 is 29.4. The number of likely N-dealkylation sites (tertiary alicyclic amines) is 1. The van der Waals surface area contributed by atoms with Crippen molar-refractivity contribution in [3.05, 3.63) is 47.7 Å². The number of benzene rings is 1. The number of amides is 1. The second kappa shape index (κ2) is 6.45. The standard InChI is InChI=1S/C19H24N4O3S/c1-13-9-20-21(3)19(13)27(25,26)22-10-16-11-23(14(2)24)18(17(16)12-22)15-7-5-4-6-8-15/h4-9,16-18H,10-12H2,1-3H3/t16-,17-,18-/m1/s1. The zero-order chi connectivity index (χ0) is 19.3. The average molecular weight is 388 g/mol. The third-order valence-corrected chi connectivity index (χ3v) is 7.87. The summed E-state index contributed by atoms with van der Waals surface area (Å²) in [6.07, 6.45) is 1.58. The lowest BCUT2D eigenvalue weighted by Gasteiger charge is -2.29. The van der Waals surface area contributed by atoms with E-state index < -0.39 is 10.0 Å². The van der Waals surface area contributed by atoms with Crippen molar-refractivity contribution in [2.24, 2.45) is 18.9 Å². The van der Waals surface area contributed by atoms with Gasteiger partial charge in [-0.1, -0.05) is 30.3 Å². The van der Waals surface area contributed by atoms with E-state index in [0.29, 0.717) is 25.2 Å². The fourth-order valence-electron chi connectivity index (χ4n) is 4.63. The highest BCUT2D eigenvalue weighted by molar-refractivity contribution is 7.89. The largest absolute Gasteiger partial charge is 0.335 e. The molecule has 0 saturated carbocycles. The second-order valence-corrected chi connectivity index (χ2v) is 9.38. The third kappa shape index (κ3) is 2.87. The molecule has 2 aliphatic heterocycles. The number of aryl methyl sites for hydroxylation is 2. The highest BCUT2D eigenvalue weighted by Crippen LogP contribution is 2.46. The van der Waals surface area contributed by atoms with E-state index >= 15 is 0 Å². The topological polar surface area (TPSA) is 75.5 Å². The quantitative estimate of drug-likeness (QED) is 0.800. The molecule has 0 radical (unpaired) electrons. The van der Waals surface area contributed by atoms with E-state index in [0.717, 1.165) is 5.56 Å². The van der Waals surface area contributed by atoms with Gasteiger partial charge in [-0.05, 0) is 18.4 Å². The molecule has 0 spiro atoms. The first-order chi connectivity index (χ1) is 12.8. The summed E-state index contributed by atoms with van der Waals surface area (Å²) in [6, 6.07) is 9.83. The van der Waals surface area contributed by atoms with Gasteiger partial charge < -0.3 is 4.90 Å². The summed E-state index contributed by atoms with van der Waals surface area (Å²) in [6.45, 7) is 4.80. The van der Waals surface area contributed by atoms with Gasteiger partial charge in [-0.2, -0.15) is 9.40 Å². The molecule has 2 aromatic rings. The molecule has 0 N–H and O–H groups in total. The van der Waals surface area contributed by atoms with Crippen molar-refractivity contribution in [1.82, 2.24) is 19.0 Å². The number of carbonyl (C=O) groups excluding carboxylic acids is 1. The summed E-state index contributed by atoms with van der Waals surface area (Å²) in [4.78, 5) is 14.1. The van der Waals surface area contributed by atoms with Crippen molar-refractivity contribution in [1.29, 1.82) is 0 Å². The zero-order valence-electron chi connectivity index (χ0n) is 15.7. The van der Waals surface area contributed by atoms with Crippen LogP contribution in [0.3, 0.4) is 0 Å². The lowest BCUT2D eigenvalue weighted by atomic mass is 9.89. The Morgan fingerprint density at radius 2 is 1.85 bits per heavy atom. The van der Waals surface area contributed by atoms with Crippen molar-refractivity contribution >= 4 is 15.9 Å². The van der Waals surface area contributed by atoms with E-state index in [1.54, 1.807) is 31.4 Å². The first-order valence-corrected chi connectivity index (χ1v) is 10.6. The van der Waals surface area contributed by atoms with Gasteiger partial charge in [-0.3, -0.25) is 9.48 Å². The third-order valence-electron chi connectivity index (χ3n) is 5.82. The summed E-state index contributed by atoms with van der Waals surface area (Å²) in [5, 5.41) is 4.33. The van der Waals surface area contributed by atoms with E-state index in [1.807, 2.05) is 35.2 Å². The Balaban J connectivity index is 1.67. The van der Waals surface area contributed by atoms with Gasteiger partial charge >= 0.3 is 0 Å². The molecule has 4 rings (SSSR count). The minimum absolute atomic E-state index is 0.0372. The lowest BCUT2D eigenvalue weighted by Crippen LogP contribution is -2.37. The van der Waals surface area contributed by atoms with E-state index in [4.69, 9.17) is 0 Å². The highest BCUT2D eigenvalue weighted by atomic mass is 32.2. The molecule has 3 heterocycles. The Bertz CT molecular complexity index is 951. The molecular formula is C19H24N4O3S. The molecule has 0 bridgehead atoms. The van der Waals surface area contributed by atoms with Crippen LogP contribution < -0.4 is 0 Å². The Labute approximate surface area is 159 Å². The number of carbonyl (C=O) groups is 1. The van der Waals surface area contributed by atoms with Crippen molar-refractivity contribution in [3.8, 4) is 0 Å². The number of fused-ring (bicyclic) bond motifs is 1. The first kappa shape index (κ1) is 18.2. The van der Waals surface area contributed by atoms with Gasteiger partial charge in [-0.25, -0.2) is 8.42 Å². The Hall–Kier alpha value is -2.19. The molecule has 7 nitrogen and oxygen atoms in total. The fraction of sp³-hybridized carbons (Fsp3) is 0.474. The summed E-state index contributed by atoms with van der Waals surface area (Å²) >= 11 is 0. The van der Waals surface area contributed by atoms with Crippen LogP contribution >= 0.6 is 0 Å². The molecule has 1 aromatic carbocycles. The van der Waals surface area contributed by atoms with Gasteiger partial charge in [0.1, 0.15) is 0 Å². The SMILES string of the molecule is CC(=O)N1C[C@H]2CN(S(=O)(=O)c3c(C)cnn3C)C[C@H]2[C@H]1c1ccccc1. The molecule has 2 fully saturated rings. The number of aromatic nitrogens is 2. The molecule has 1 amide bonds. The molecule has 3 atom stereocenters. The predicted molar refractivity (Wildman–Crippen MR) is 100 cm³/mol. The molecule has 27 heavy (non-hydrogen) atoms. The Morgan fingerprint density at radius 3 is 2.44 bits per heavy atom. The van der Waals surface area contributed by atoms with Gasteiger partial charge in [0.15, 0.2) is 5.03 Å². The van der Waals surface area contributed by atoms with Crippen molar-refractivity contribution in [2.45, 2.75) is 24.9 Å². The summed E-state index contributed by atoms with van der Waals surface area (Å²) in [5.41, 5.74) is 1.72. The summed E-state index contributed by atoms with van der Waals surface area (Å²) in [5.74, 6) is 0.275. The monoisotopic (exact) mass is 388 g/mol. The van der Waals surface area contributed by atoms with Crippen LogP contribution in [0.4, 0.5) is 0 Å². The van der Waals surface area contributed by atoms with Crippen molar-refractivity contribution in [2.75, 3.05) is 19.6 Å². The maximum Gasteiger partial charge on any atom is 0.260 e. The first-order valence-electron chi connectivity index (χ1n) is 9.11. The maximum atomic E-state index is 13.2. The van der Waals surface area contributed by atoms with E-state index in [9.17, 15) is 13.2 Å². The number of hydrogen-bond donors (Lipinski definition) is 0. The molecule has 0 aliphatic carbocycles. The predicted octanol–water partition coefficient (Wildman–Crippen LogP) is 1.57. The van der Waals surface area contributed by atoms with Crippen molar-refractivity contribution in [3.63, 3.8) is 0 Å². The number of sulfonamides is 1. The fourth-order valence-corrected chi connectivity index (χ4v) is 6.47. The lowest BCUT2D eigenvalue weighted by molar-refractivity contribution is -0.130. The van der Waals surface area contributed by atoms with Gasteiger partial charge in [0.25, 0.3) is 10.0 Å². The molecule has 1 aromatic heterocycles. The van der Waals surface area contributed by atoms with Crippen LogP contribution in [0, 0.1) is 18.8 Å². The minimum Gasteiger partial charge on any atom is -0.335 e. The van der Waals surface area contributed by atoms with E-state index in [2.05, 4.69) is 5.10 Å². The van der Waals surface area contributed by atoms with Crippen LogP contribution in [0.25, 0.3) is 0 Å². The number of nitrogens with zero attached hydrogens (tertiary/aromatic N) is 4. The van der Waals surface area contributed by atoms with Crippen LogP contribution in [0.1, 0.15) is 24.1 Å². The molecule has 8 heteroatoms. The van der Waals surface area contributed by atoms with Crippen LogP contribution in [-0.2, 0) is 21.9 Å². The highest BCUT2D eigenvalue weighted by Gasteiger charge is 2.51. The Kier molecular flexibility index (Phi) is 4.35. The molecular weight excluding hydrogens is 364 g/mol. The van der Waals surface area contributed by atoms with Crippen LogP contribution in [0.15, 0.2) is 41.6 Å². The minimum atomic E-state index is -3.61. The molecule has 144 valence electrons.